The summed E-state index contributed by atoms with van der Waals surface area (Å²) in [4.78, 5) is 21.8. The molecule has 1 amide bonds. The molecule has 0 atom stereocenters. The van der Waals surface area contributed by atoms with E-state index in [4.69, 9.17) is 5.73 Å². The van der Waals surface area contributed by atoms with E-state index >= 15 is 0 Å². The van der Waals surface area contributed by atoms with E-state index in [1.165, 1.54) is 12.1 Å². The number of carbonyl (C=O) groups excluding carboxylic acids is 1. The van der Waals surface area contributed by atoms with Crippen molar-refractivity contribution in [2.75, 3.05) is 24.7 Å². The molecule has 0 aliphatic heterocycles. The van der Waals surface area contributed by atoms with Gasteiger partial charge in [0.25, 0.3) is 5.69 Å². The molecule has 9 nitrogen and oxygen atoms in total. The molecule has 4 N–H and O–H groups in total. The van der Waals surface area contributed by atoms with Gasteiger partial charge in [0.2, 0.25) is 5.91 Å². The first-order chi connectivity index (χ1) is 10.4. The second kappa shape index (κ2) is 8.27. The minimum absolute atomic E-state index is 0. The first-order valence-electron chi connectivity index (χ1n) is 6.72. The maximum Gasteiger partial charge on any atom is 0.293 e. The van der Waals surface area contributed by atoms with Crippen LogP contribution in [-0.2, 0) is 14.6 Å². The molecule has 0 bridgehead atoms. The van der Waals surface area contributed by atoms with Gasteiger partial charge in [-0.3, -0.25) is 14.9 Å². The van der Waals surface area contributed by atoms with E-state index < -0.39 is 20.3 Å². The van der Waals surface area contributed by atoms with Crippen molar-refractivity contribution in [1.29, 1.82) is 0 Å². The van der Waals surface area contributed by atoms with Crippen molar-refractivity contribution in [2.24, 2.45) is 5.73 Å². The van der Waals surface area contributed by atoms with Crippen LogP contribution in [0.15, 0.2) is 23.1 Å². The summed E-state index contributed by atoms with van der Waals surface area (Å²) in [5, 5.41) is 16.4. The molecule has 1 rings (SSSR count). The molecule has 24 heavy (non-hydrogen) atoms. The van der Waals surface area contributed by atoms with Gasteiger partial charge in [0, 0.05) is 25.4 Å². The third kappa shape index (κ3) is 6.30. The summed E-state index contributed by atoms with van der Waals surface area (Å²) in [6.45, 7) is 3.56. The molecule has 1 aromatic rings. The van der Waals surface area contributed by atoms with E-state index in [2.05, 4.69) is 10.6 Å². The number of amides is 1. The number of nitro groups is 1. The Hall–Kier alpha value is -1.91. The fraction of sp³-hybridized carbons (Fsp3) is 0.462. The number of anilines is 1. The van der Waals surface area contributed by atoms with Crippen molar-refractivity contribution in [3.05, 3.63) is 28.3 Å². The summed E-state index contributed by atoms with van der Waals surface area (Å²) in [5.41, 5.74) is 4.43. The molecule has 0 unspecified atom stereocenters. The zero-order valence-electron chi connectivity index (χ0n) is 13.5. The Morgan fingerprint density at radius 3 is 2.38 bits per heavy atom. The molecule has 0 radical (unpaired) electrons. The predicted octanol–water partition coefficient (Wildman–Crippen LogP) is 0.686. The number of nitrogens with zero attached hydrogens (tertiary/aromatic N) is 1. The Morgan fingerprint density at radius 1 is 1.33 bits per heavy atom. The molecule has 11 heteroatoms. The van der Waals surface area contributed by atoms with Gasteiger partial charge in [-0.25, -0.2) is 8.42 Å². The Balaban J connectivity index is 0.00000529. The average Bonchev–Trinajstić information content (AvgIpc) is 2.40. The topological polar surface area (TPSA) is 144 Å². The normalized spacial score (nSPS) is 11.3. The lowest BCUT2D eigenvalue weighted by Crippen LogP contribution is -2.50. The number of sulfone groups is 1. The zero-order chi connectivity index (χ0) is 17.8. The zero-order valence-corrected chi connectivity index (χ0v) is 15.2. The maximum absolute atomic E-state index is 11.6. The van der Waals surface area contributed by atoms with E-state index in [9.17, 15) is 23.3 Å². The summed E-state index contributed by atoms with van der Waals surface area (Å²) in [6.07, 6.45) is 0.975. The van der Waals surface area contributed by atoms with Crippen LogP contribution >= 0.6 is 12.4 Å². The molecule has 136 valence electrons. The summed E-state index contributed by atoms with van der Waals surface area (Å²) in [6, 6.07) is 3.61. The van der Waals surface area contributed by atoms with Crippen LogP contribution in [0.1, 0.15) is 13.8 Å². The van der Waals surface area contributed by atoms with Crippen molar-refractivity contribution >= 4 is 39.5 Å². The lowest BCUT2D eigenvalue weighted by atomic mass is 10.1. The van der Waals surface area contributed by atoms with Crippen LogP contribution in [0.2, 0.25) is 0 Å². The Labute approximate surface area is 146 Å². The number of carbonyl (C=O) groups is 1. The Bertz CT molecular complexity index is 716. The van der Waals surface area contributed by atoms with Crippen LogP contribution in [0.5, 0.6) is 0 Å². The van der Waals surface area contributed by atoms with Gasteiger partial charge >= 0.3 is 0 Å². The molecule has 0 aliphatic carbocycles. The van der Waals surface area contributed by atoms with Gasteiger partial charge in [-0.05, 0) is 26.0 Å². The molecule has 0 fully saturated rings. The molecule has 0 aliphatic rings. The lowest BCUT2D eigenvalue weighted by molar-refractivity contribution is -0.384. The third-order valence-electron chi connectivity index (χ3n) is 2.91. The van der Waals surface area contributed by atoms with E-state index in [1.54, 1.807) is 13.8 Å². The van der Waals surface area contributed by atoms with Gasteiger partial charge < -0.3 is 16.4 Å². The molecular formula is C13H21ClN4O5S. The first-order valence-corrected chi connectivity index (χ1v) is 8.61. The van der Waals surface area contributed by atoms with Gasteiger partial charge in [0.1, 0.15) is 5.69 Å². The molecule has 0 spiro atoms. The highest BCUT2D eigenvalue weighted by atomic mass is 35.5. The number of benzene rings is 1. The van der Waals surface area contributed by atoms with Crippen molar-refractivity contribution in [3.8, 4) is 0 Å². The molecule has 0 saturated heterocycles. The minimum atomic E-state index is -3.53. The highest BCUT2D eigenvalue weighted by molar-refractivity contribution is 7.90. The standard InChI is InChI=1S/C13H20N4O5S.ClH/c1-13(2,14)12(18)16-7-6-15-10-5-4-9(23(3,21)22)8-11(10)17(19)20;/h4-5,8,15H,6-7,14H2,1-3H3,(H,16,18);1H. The quantitative estimate of drug-likeness (QED) is 0.358. The van der Waals surface area contributed by atoms with E-state index in [0.717, 1.165) is 12.3 Å². The lowest BCUT2D eigenvalue weighted by Gasteiger charge is -2.18. The average molecular weight is 381 g/mol. The van der Waals surface area contributed by atoms with Gasteiger partial charge in [0.05, 0.1) is 15.4 Å². The van der Waals surface area contributed by atoms with Crippen molar-refractivity contribution in [1.82, 2.24) is 5.32 Å². The van der Waals surface area contributed by atoms with Crippen molar-refractivity contribution in [2.45, 2.75) is 24.3 Å². The van der Waals surface area contributed by atoms with Crippen molar-refractivity contribution in [3.63, 3.8) is 0 Å². The van der Waals surface area contributed by atoms with Crippen LogP contribution in [0.3, 0.4) is 0 Å². The van der Waals surface area contributed by atoms with Crippen LogP contribution in [0.25, 0.3) is 0 Å². The highest BCUT2D eigenvalue weighted by Gasteiger charge is 2.21. The van der Waals surface area contributed by atoms with E-state index in [0.29, 0.717) is 0 Å². The number of hydrogen-bond donors (Lipinski definition) is 3. The SMILES string of the molecule is CC(C)(N)C(=O)NCCNc1ccc(S(C)(=O)=O)cc1[N+](=O)[O-].Cl. The third-order valence-corrected chi connectivity index (χ3v) is 4.02. The van der Waals surface area contributed by atoms with Crippen LogP contribution in [-0.4, -0.2) is 44.1 Å². The molecule has 0 aromatic heterocycles. The van der Waals surface area contributed by atoms with Gasteiger partial charge in [-0.1, -0.05) is 0 Å². The Kier molecular flexibility index (Phi) is 7.61. The Morgan fingerprint density at radius 2 is 1.92 bits per heavy atom. The molecule has 0 saturated carbocycles. The molecule has 0 heterocycles. The monoisotopic (exact) mass is 380 g/mol. The van der Waals surface area contributed by atoms with Crippen molar-refractivity contribution < 1.29 is 18.1 Å². The largest absolute Gasteiger partial charge is 0.378 e. The number of halogens is 1. The fourth-order valence-corrected chi connectivity index (χ4v) is 2.28. The summed E-state index contributed by atoms with van der Waals surface area (Å²) < 4.78 is 22.9. The van der Waals surface area contributed by atoms with Gasteiger partial charge in [-0.2, -0.15) is 0 Å². The van der Waals surface area contributed by atoms with Gasteiger partial charge in [0.15, 0.2) is 9.84 Å². The number of nitrogens with two attached hydrogens (primary N) is 1. The maximum atomic E-state index is 11.6. The predicted molar refractivity (Wildman–Crippen MR) is 93.2 cm³/mol. The minimum Gasteiger partial charge on any atom is -0.378 e. The number of nitrogens with one attached hydrogen (secondary N) is 2. The highest BCUT2D eigenvalue weighted by Crippen LogP contribution is 2.27. The second-order valence-electron chi connectivity index (χ2n) is 5.61. The van der Waals surface area contributed by atoms with E-state index in [1.807, 2.05) is 0 Å². The molecule has 1 aromatic carbocycles. The first kappa shape index (κ1) is 22.1. The fourth-order valence-electron chi connectivity index (χ4n) is 1.64. The summed E-state index contributed by atoms with van der Waals surface area (Å²) in [5.74, 6) is -0.346. The van der Waals surface area contributed by atoms with E-state index in [-0.39, 0.29) is 47.7 Å². The van der Waals surface area contributed by atoms with Gasteiger partial charge in [-0.15, -0.1) is 12.4 Å². The number of nitro benzene ring substituents is 1. The van der Waals surface area contributed by atoms with Crippen LogP contribution in [0.4, 0.5) is 11.4 Å². The second-order valence-corrected chi connectivity index (χ2v) is 7.63. The van der Waals surface area contributed by atoms with Crippen LogP contribution < -0.4 is 16.4 Å². The van der Waals surface area contributed by atoms with Crippen LogP contribution in [0, 0.1) is 10.1 Å². The molecular weight excluding hydrogens is 360 g/mol. The number of rotatable bonds is 7. The summed E-state index contributed by atoms with van der Waals surface area (Å²) >= 11 is 0. The number of hydrogen-bond acceptors (Lipinski definition) is 7. The summed E-state index contributed by atoms with van der Waals surface area (Å²) in [7, 11) is -3.53. The smallest absolute Gasteiger partial charge is 0.293 e.